The van der Waals surface area contributed by atoms with Crippen LogP contribution in [0.15, 0.2) is 0 Å². The van der Waals surface area contributed by atoms with Crippen molar-refractivity contribution in [1.29, 1.82) is 0 Å². The maximum atomic E-state index is 11.8. The first-order chi connectivity index (χ1) is 14.5. The molecule has 0 aromatic heterocycles. The van der Waals surface area contributed by atoms with Gasteiger partial charge in [-0.3, -0.25) is 0 Å². The van der Waals surface area contributed by atoms with Crippen molar-refractivity contribution in [3.05, 3.63) is 27.8 Å². The summed E-state index contributed by atoms with van der Waals surface area (Å²) < 4.78 is 0. The van der Waals surface area contributed by atoms with E-state index in [9.17, 15) is 5.11 Å². The second kappa shape index (κ2) is 10.3. The minimum Gasteiger partial charge on any atom is -0.507 e. The molecule has 0 heterocycles. The minimum atomic E-state index is -0.0547. The normalized spacial score (nSPS) is 16.4. The number of aromatic hydroxyl groups is 1. The van der Waals surface area contributed by atoms with Gasteiger partial charge in [0, 0.05) is 11.1 Å². The molecule has 178 valence electrons. The third kappa shape index (κ3) is 5.17. The van der Waals surface area contributed by atoms with Gasteiger partial charge in [0.15, 0.2) is 0 Å². The Morgan fingerprint density at radius 3 is 1.94 bits per heavy atom. The fourth-order valence-corrected chi connectivity index (χ4v) is 6.82. The highest BCUT2D eigenvalue weighted by atomic mass is 16.3. The lowest BCUT2D eigenvalue weighted by Crippen LogP contribution is -2.35. The molecule has 0 fully saturated rings. The minimum absolute atomic E-state index is 0.0477. The number of phenolic OH excluding ortho intramolecular Hbond substituents is 1. The fraction of sp³-hybridized carbons (Fsp3) is 0.800. The highest BCUT2D eigenvalue weighted by molar-refractivity contribution is 5.62. The third-order valence-electron chi connectivity index (χ3n) is 7.83. The largest absolute Gasteiger partial charge is 0.507 e. The van der Waals surface area contributed by atoms with Gasteiger partial charge in [-0.1, -0.05) is 94.4 Å². The van der Waals surface area contributed by atoms with Crippen LogP contribution in [0.3, 0.4) is 0 Å². The van der Waals surface area contributed by atoms with Crippen LogP contribution in [0.1, 0.15) is 154 Å². The summed E-state index contributed by atoms with van der Waals surface area (Å²) in [6.07, 6.45) is 14.7. The Kier molecular flexibility index (Phi) is 8.73. The predicted molar refractivity (Wildman–Crippen MR) is 138 cm³/mol. The quantitative estimate of drug-likeness (QED) is 0.393. The standard InChI is InChI=1S/C30H52O/c1-10-14-21-30(18-12-3,19-13-4)24-22(16-11-2)25(28(5,6)7)27(31)26-23(24)17-15-20-29(26,8)9/h31H,10-21H2,1-9H3. The van der Waals surface area contributed by atoms with Gasteiger partial charge in [0.2, 0.25) is 0 Å². The van der Waals surface area contributed by atoms with Gasteiger partial charge in [-0.25, -0.2) is 0 Å². The van der Waals surface area contributed by atoms with Gasteiger partial charge in [-0.05, 0) is 77.9 Å². The maximum absolute atomic E-state index is 11.8. The number of benzene rings is 1. The number of unbranched alkanes of at least 4 members (excludes halogenated alkanes) is 1. The lowest BCUT2D eigenvalue weighted by molar-refractivity contribution is 0.307. The zero-order valence-corrected chi connectivity index (χ0v) is 22.4. The third-order valence-corrected chi connectivity index (χ3v) is 7.83. The average molecular weight is 429 g/mol. The van der Waals surface area contributed by atoms with Crippen LogP contribution in [-0.4, -0.2) is 5.11 Å². The molecule has 31 heavy (non-hydrogen) atoms. The van der Waals surface area contributed by atoms with E-state index >= 15 is 0 Å². The SMILES string of the molecule is CCCCC(CCC)(CCC)c1c(CCC)c(C(C)(C)C)c(O)c2c1CCCC2(C)C. The average Bonchev–Trinajstić information content (AvgIpc) is 2.65. The van der Waals surface area contributed by atoms with E-state index in [0.717, 1.165) is 19.3 Å². The molecular weight excluding hydrogens is 376 g/mol. The van der Waals surface area contributed by atoms with Gasteiger partial charge < -0.3 is 5.11 Å². The van der Waals surface area contributed by atoms with E-state index in [0.29, 0.717) is 5.75 Å². The number of rotatable bonds is 10. The van der Waals surface area contributed by atoms with Gasteiger partial charge >= 0.3 is 0 Å². The fourth-order valence-electron chi connectivity index (χ4n) is 6.82. The topological polar surface area (TPSA) is 20.2 Å². The van der Waals surface area contributed by atoms with Crippen LogP contribution < -0.4 is 0 Å². The zero-order valence-electron chi connectivity index (χ0n) is 22.4. The van der Waals surface area contributed by atoms with Gasteiger partial charge in [0.05, 0.1) is 0 Å². The van der Waals surface area contributed by atoms with Gasteiger partial charge in [-0.15, -0.1) is 0 Å². The summed E-state index contributed by atoms with van der Waals surface area (Å²) in [5.41, 5.74) is 7.56. The van der Waals surface area contributed by atoms with E-state index in [-0.39, 0.29) is 16.2 Å². The molecule has 0 spiro atoms. The van der Waals surface area contributed by atoms with Crippen molar-refractivity contribution >= 4 is 0 Å². The summed E-state index contributed by atoms with van der Waals surface area (Å²) in [5, 5.41) is 11.8. The Balaban J connectivity index is 3.07. The first-order valence-electron chi connectivity index (χ1n) is 13.4. The number of fused-ring (bicyclic) bond motifs is 1. The van der Waals surface area contributed by atoms with Crippen molar-refractivity contribution in [3.8, 4) is 5.75 Å². The molecule has 0 radical (unpaired) electrons. The maximum Gasteiger partial charge on any atom is 0.123 e. The van der Waals surface area contributed by atoms with Crippen LogP contribution in [0.4, 0.5) is 0 Å². The molecule has 0 amide bonds. The number of phenols is 1. The smallest absolute Gasteiger partial charge is 0.123 e. The molecule has 0 bridgehead atoms. The second-order valence-corrected chi connectivity index (χ2v) is 12.1. The van der Waals surface area contributed by atoms with E-state index in [2.05, 4.69) is 62.3 Å². The van der Waals surface area contributed by atoms with Gasteiger partial charge in [0.1, 0.15) is 5.75 Å². The summed E-state index contributed by atoms with van der Waals surface area (Å²) in [5.74, 6) is 0.636. The Bertz CT molecular complexity index is 726. The summed E-state index contributed by atoms with van der Waals surface area (Å²) >= 11 is 0. The number of hydrogen-bond donors (Lipinski definition) is 1. The van der Waals surface area contributed by atoms with Gasteiger partial charge in [-0.2, -0.15) is 0 Å². The van der Waals surface area contributed by atoms with E-state index in [1.54, 1.807) is 11.1 Å². The van der Waals surface area contributed by atoms with Crippen molar-refractivity contribution in [2.75, 3.05) is 0 Å². The Labute approximate surface area is 194 Å². The predicted octanol–water partition coefficient (Wildman–Crippen LogP) is 9.28. The molecule has 1 heteroatoms. The Morgan fingerprint density at radius 2 is 1.45 bits per heavy atom. The van der Waals surface area contributed by atoms with Crippen LogP contribution >= 0.6 is 0 Å². The highest BCUT2D eigenvalue weighted by Gasteiger charge is 2.43. The molecule has 2 rings (SSSR count). The van der Waals surface area contributed by atoms with Crippen molar-refractivity contribution in [1.82, 2.24) is 0 Å². The van der Waals surface area contributed by atoms with Crippen LogP contribution in [-0.2, 0) is 29.1 Å². The summed E-state index contributed by atoms with van der Waals surface area (Å²) in [7, 11) is 0. The van der Waals surface area contributed by atoms with Crippen molar-refractivity contribution < 1.29 is 5.11 Å². The Hall–Kier alpha value is -0.980. The number of hydrogen-bond acceptors (Lipinski definition) is 1. The van der Waals surface area contributed by atoms with Crippen LogP contribution in [0.25, 0.3) is 0 Å². The van der Waals surface area contributed by atoms with Crippen molar-refractivity contribution in [2.24, 2.45) is 0 Å². The first kappa shape index (κ1) is 26.3. The second-order valence-electron chi connectivity index (χ2n) is 12.1. The molecule has 1 nitrogen and oxygen atoms in total. The van der Waals surface area contributed by atoms with Gasteiger partial charge in [0.25, 0.3) is 0 Å². The molecule has 1 aromatic rings. The van der Waals surface area contributed by atoms with Crippen molar-refractivity contribution in [2.45, 2.75) is 156 Å². The molecule has 0 unspecified atom stereocenters. The summed E-state index contributed by atoms with van der Waals surface area (Å²) in [4.78, 5) is 0. The molecule has 0 aliphatic heterocycles. The molecule has 0 atom stereocenters. The van der Waals surface area contributed by atoms with Crippen LogP contribution in [0.5, 0.6) is 5.75 Å². The molecule has 0 saturated heterocycles. The monoisotopic (exact) mass is 428 g/mol. The van der Waals surface area contributed by atoms with Crippen LogP contribution in [0.2, 0.25) is 0 Å². The van der Waals surface area contributed by atoms with E-state index in [4.69, 9.17) is 0 Å². The lowest BCUT2D eigenvalue weighted by Gasteiger charge is -2.45. The van der Waals surface area contributed by atoms with E-state index < -0.39 is 0 Å². The summed E-state index contributed by atoms with van der Waals surface area (Å²) in [6, 6.07) is 0. The molecule has 1 aromatic carbocycles. The molecule has 0 saturated carbocycles. The molecule has 1 N–H and O–H groups in total. The molecular formula is C30H52O. The molecule has 1 aliphatic carbocycles. The summed E-state index contributed by atoms with van der Waals surface area (Å²) in [6.45, 7) is 21.0. The highest BCUT2D eigenvalue weighted by Crippen LogP contribution is 2.54. The Morgan fingerprint density at radius 1 is 0.839 bits per heavy atom. The van der Waals surface area contributed by atoms with E-state index in [1.165, 1.54) is 74.5 Å². The lowest BCUT2D eigenvalue weighted by atomic mass is 9.59. The van der Waals surface area contributed by atoms with Crippen molar-refractivity contribution in [3.63, 3.8) is 0 Å². The first-order valence-corrected chi connectivity index (χ1v) is 13.4. The zero-order chi connectivity index (χ0) is 23.4. The van der Waals surface area contributed by atoms with Crippen LogP contribution in [0, 0.1) is 0 Å². The van der Waals surface area contributed by atoms with E-state index in [1.807, 2.05) is 0 Å². The molecule has 1 aliphatic rings.